The summed E-state index contributed by atoms with van der Waals surface area (Å²) in [5, 5.41) is 11.1. The molecule has 0 aromatic heterocycles. The van der Waals surface area contributed by atoms with Crippen LogP contribution in [0.2, 0.25) is 5.02 Å². The normalized spacial score (nSPS) is 22.0. The van der Waals surface area contributed by atoms with Crippen LogP contribution in [0.1, 0.15) is 28.7 Å². The van der Waals surface area contributed by atoms with Gasteiger partial charge in [0.05, 0.1) is 32.1 Å². The van der Waals surface area contributed by atoms with Crippen molar-refractivity contribution in [3.05, 3.63) is 81.9 Å². The molecule has 3 aromatic rings. The lowest BCUT2D eigenvalue weighted by Gasteiger charge is -2.42. The summed E-state index contributed by atoms with van der Waals surface area (Å²) >= 11 is 6.82. The van der Waals surface area contributed by atoms with Crippen molar-refractivity contribution < 1.29 is 32.6 Å². The number of aliphatic hydroxyl groups is 1. The Bertz CT molecular complexity index is 1730. The Hall–Kier alpha value is -3.64. The Balaban J connectivity index is 1.88. The number of nitrogens with zero attached hydrogens (tertiary/aromatic N) is 3. The number of ether oxygens (including phenoxy) is 2. The van der Waals surface area contributed by atoms with Gasteiger partial charge in [-0.3, -0.25) is 14.5 Å². The Morgan fingerprint density at radius 2 is 1.70 bits per heavy atom. The number of hydrogen-bond donors (Lipinski definition) is 1. The van der Waals surface area contributed by atoms with Gasteiger partial charge in [0.15, 0.2) is 5.54 Å². The van der Waals surface area contributed by atoms with Crippen molar-refractivity contribution >= 4 is 39.1 Å². The molecule has 0 bridgehead atoms. The molecule has 5 rings (SSSR count). The number of aliphatic hydroxyl groups excluding tert-OH is 1. The first-order valence-electron chi connectivity index (χ1n) is 13.6. The second-order valence-electron chi connectivity index (χ2n) is 11.0. The summed E-state index contributed by atoms with van der Waals surface area (Å²) in [4.78, 5) is 31.5. The van der Waals surface area contributed by atoms with Crippen LogP contribution in [-0.2, 0) is 25.2 Å². The summed E-state index contributed by atoms with van der Waals surface area (Å²) in [5.41, 5.74) is 0.465. The van der Waals surface area contributed by atoms with Crippen LogP contribution >= 0.6 is 11.6 Å². The zero-order valence-corrected chi connectivity index (χ0v) is 26.4. The highest BCUT2D eigenvalue weighted by molar-refractivity contribution is 7.93. The van der Waals surface area contributed by atoms with Crippen LogP contribution in [0.5, 0.6) is 11.5 Å². The maximum absolute atomic E-state index is 15.2. The average molecular weight is 628 g/mol. The minimum Gasteiger partial charge on any atom is -0.497 e. The SMILES string of the molecule is COc1ccc(S(=O)(=O)N2C(=O)C(c3ccccc3Cl)(N3C[C@H](O)C[C@H]3C(=O)N(C)C)c3cc(C)c(C)cc32)c(OC)c1. The van der Waals surface area contributed by atoms with Gasteiger partial charge in [0.2, 0.25) is 5.91 Å². The highest BCUT2D eigenvalue weighted by Crippen LogP contribution is 2.54. The molecule has 43 heavy (non-hydrogen) atoms. The lowest BCUT2D eigenvalue weighted by molar-refractivity contribution is -0.138. The number of halogens is 1. The van der Waals surface area contributed by atoms with Crippen LogP contribution in [0.15, 0.2) is 59.5 Å². The van der Waals surface area contributed by atoms with Crippen molar-refractivity contribution in [2.45, 2.75) is 42.8 Å². The van der Waals surface area contributed by atoms with Crippen molar-refractivity contribution in [2.24, 2.45) is 0 Å². The van der Waals surface area contributed by atoms with E-state index >= 15 is 4.79 Å². The Morgan fingerprint density at radius 3 is 2.33 bits per heavy atom. The van der Waals surface area contributed by atoms with E-state index in [-0.39, 0.29) is 40.2 Å². The first kappa shape index (κ1) is 30.8. The van der Waals surface area contributed by atoms with E-state index < -0.39 is 33.6 Å². The number of fused-ring (bicyclic) bond motifs is 1. The third-order valence-corrected chi connectivity index (χ3v) is 10.4. The minimum atomic E-state index is -4.61. The zero-order chi connectivity index (χ0) is 31.4. The molecule has 2 heterocycles. The predicted molar refractivity (Wildman–Crippen MR) is 162 cm³/mol. The van der Waals surface area contributed by atoms with Crippen molar-refractivity contribution in [2.75, 3.05) is 39.2 Å². The molecular formula is C31H34ClN3O7S. The zero-order valence-electron chi connectivity index (χ0n) is 24.8. The van der Waals surface area contributed by atoms with Crippen molar-refractivity contribution in [1.82, 2.24) is 9.80 Å². The van der Waals surface area contributed by atoms with E-state index in [9.17, 15) is 18.3 Å². The maximum atomic E-state index is 15.2. The lowest BCUT2D eigenvalue weighted by Crippen LogP contribution is -2.59. The number of β-amino-alcohol motifs (C(OH)–C–C–N with tert-alkyl or cyclic N) is 1. The molecular weight excluding hydrogens is 594 g/mol. The van der Waals surface area contributed by atoms with Crippen LogP contribution in [-0.4, -0.2) is 82.1 Å². The average Bonchev–Trinajstić information content (AvgIpc) is 3.47. The molecule has 2 amide bonds. The van der Waals surface area contributed by atoms with Crippen LogP contribution in [0, 0.1) is 13.8 Å². The summed E-state index contributed by atoms with van der Waals surface area (Å²) in [6.45, 7) is 3.61. The monoisotopic (exact) mass is 627 g/mol. The predicted octanol–water partition coefficient (Wildman–Crippen LogP) is 3.48. The van der Waals surface area contributed by atoms with Crippen LogP contribution in [0.3, 0.4) is 0 Å². The first-order chi connectivity index (χ1) is 20.3. The molecule has 3 atom stereocenters. The van der Waals surface area contributed by atoms with Crippen LogP contribution in [0.25, 0.3) is 0 Å². The van der Waals surface area contributed by atoms with Gasteiger partial charge in [-0.1, -0.05) is 35.9 Å². The number of sulfonamides is 1. The van der Waals surface area contributed by atoms with Gasteiger partial charge in [-0.25, -0.2) is 12.7 Å². The molecule has 10 nitrogen and oxygen atoms in total. The van der Waals surface area contributed by atoms with Gasteiger partial charge in [-0.05, 0) is 55.7 Å². The molecule has 1 fully saturated rings. The summed E-state index contributed by atoms with van der Waals surface area (Å²) < 4.78 is 40.7. The van der Waals surface area contributed by atoms with Crippen molar-refractivity contribution in [3.8, 4) is 11.5 Å². The fourth-order valence-corrected chi connectivity index (χ4v) is 7.99. The van der Waals surface area contributed by atoms with E-state index in [1.165, 1.54) is 37.3 Å². The summed E-state index contributed by atoms with van der Waals surface area (Å²) in [6.07, 6.45) is -0.904. The molecule has 1 N–H and O–H groups in total. The Morgan fingerprint density at radius 1 is 1.02 bits per heavy atom. The molecule has 0 spiro atoms. The van der Waals surface area contributed by atoms with Crippen molar-refractivity contribution in [1.29, 1.82) is 0 Å². The van der Waals surface area contributed by atoms with Gasteiger partial charge < -0.3 is 19.5 Å². The number of anilines is 1. The van der Waals surface area contributed by atoms with Gasteiger partial charge in [0.1, 0.15) is 16.4 Å². The number of likely N-dealkylation sites (tertiary alicyclic amines) is 1. The van der Waals surface area contributed by atoms with Gasteiger partial charge >= 0.3 is 0 Å². The van der Waals surface area contributed by atoms with Gasteiger partial charge in [0.25, 0.3) is 15.9 Å². The molecule has 0 aliphatic carbocycles. The number of methoxy groups -OCH3 is 2. The van der Waals surface area contributed by atoms with E-state index in [1.807, 2.05) is 13.8 Å². The minimum absolute atomic E-state index is 0.00923. The van der Waals surface area contributed by atoms with Crippen LogP contribution < -0.4 is 13.8 Å². The van der Waals surface area contributed by atoms with E-state index in [2.05, 4.69) is 0 Å². The van der Waals surface area contributed by atoms with Gasteiger partial charge in [0, 0.05) is 42.9 Å². The number of carbonyl (C=O) groups is 2. The third-order valence-electron chi connectivity index (χ3n) is 8.30. The highest BCUT2D eigenvalue weighted by Gasteiger charge is 2.63. The molecule has 2 aliphatic heterocycles. The number of carbonyl (C=O) groups excluding carboxylic acids is 2. The smallest absolute Gasteiger partial charge is 0.274 e. The fourth-order valence-electron chi connectivity index (χ4n) is 6.12. The molecule has 2 aliphatic rings. The van der Waals surface area contributed by atoms with E-state index in [1.54, 1.807) is 55.4 Å². The Labute approximate surface area is 256 Å². The maximum Gasteiger partial charge on any atom is 0.274 e. The molecule has 0 radical (unpaired) electrons. The molecule has 1 saturated heterocycles. The molecule has 1 unspecified atom stereocenters. The number of likely N-dealkylation sites (N-methyl/N-ethyl adjacent to an activating group) is 1. The molecule has 228 valence electrons. The topological polar surface area (TPSA) is 117 Å². The standard InChI is InChI=1S/C31H34ClN3O7S/c1-18-13-23-25(14-19(18)2)35(43(39,40)28-12-11-21(41-5)16-27(28)42-6)30(38)31(23,22-9-7-8-10-24(22)32)34-17-20(36)15-26(34)29(37)33(3)4/h7-14,16,20,26,36H,15,17H2,1-6H3/t20-,26+,31?/m1/s1. The number of rotatable bonds is 7. The summed E-state index contributed by atoms with van der Waals surface area (Å²) in [5.74, 6) is -0.814. The molecule has 12 heteroatoms. The number of aryl methyl sites for hydroxylation is 2. The second-order valence-corrected chi connectivity index (χ2v) is 13.2. The van der Waals surface area contributed by atoms with E-state index in [4.69, 9.17) is 21.1 Å². The fraction of sp³-hybridized carbons (Fsp3) is 0.355. The number of benzene rings is 3. The van der Waals surface area contributed by atoms with Gasteiger partial charge in [-0.2, -0.15) is 0 Å². The highest BCUT2D eigenvalue weighted by atomic mass is 35.5. The molecule has 0 saturated carbocycles. The lowest BCUT2D eigenvalue weighted by atomic mass is 9.80. The van der Waals surface area contributed by atoms with Gasteiger partial charge in [-0.15, -0.1) is 0 Å². The summed E-state index contributed by atoms with van der Waals surface area (Å²) in [7, 11) is 1.36. The quantitative estimate of drug-likeness (QED) is 0.423. The molecule has 3 aromatic carbocycles. The van der Waals surface area contributed by atoms with E-state index in [0.29, 0.717) is 16.9 Å². The number of hydrogen-bond acceptors (Lipinski definition) is 8. The first-order valence-corrected chi connectivity index (χ1v) is 15.5. The Kier molecular flexibility index (Phi) is 7.97. The largest absolute Gasteiger partial charge is 0.497 e. The number of amides is 2. The second kappa shape index (κ2) is 11.1. The summed E-state index contributed by atoms with van der Waals surface area (Å²) in [6, 6.07) is 13.4. The third kappa shape index (κ3) is 4.66. The van der Waals surface area contributed by atoms with Crippen LogP contribution in [0.4, 0.5) is 5.69 Å². The van der Waals surface area contributed by atoms with E-state index in [0.717, 1.165) is 15.4 Å². The van der Waals surface area contributed by atoms with Crippen molar-refractivity contribution in [3.63, 3.8) is 0 Å².